The molecule has 3 aromatic carbocycles. The Kier molecular flexibility index (Phi) is 8.19. The zero-order valence-electron chi connectivity index (χ0n) is 21.2. The molecule has 1 aliphatic heterocycles. The van der Waals surface area contributed by atoms with E-state index in [0.717, 1.165) is 12.0 Å². The van der Waals surface area contributed by atoms with Crippen LogP contribution in [-0.4, -0.2) is 26.3 Å². The van der Waals surface area contributed by atoms with Gasteiger partial charge >= 0.3 is 5.97 Å². The van der Waals surface area contributed by atoms with E-state index in [2.05, 4.69) is 12.6 Å². The maximum atomic E-state index is 12.8. The van der Waals surface area contributed by atoms with Gasteiger partial charge in [-0.05, 0) is 48.4 Å². The van der Waals surface area contributed by atoms with Gasteiger partial charge in [0.1, 0.15) is 35.5 Å². The van der Waals surface area contributed by atoms with Gasteiger partial charge in [0.2, 0.25) is 5.88 Å². The van der Waals surface area contributed by atoms with E-state index in [9.17, 15) is 10.1 Å². The number of nitriles is 1. The highest BCUT2D eigenvalue weighted by Crippen LogP contribution is 2.45. The minimum atomic E-state index is -0.541. The molecule has 194 valence electrons. The molecule has 3 aromatic rings. The van der Waals surface area contributed by atoms with Gasteiger partial charge in [0.15, 0.2) is 11.5 Å². The minimum absolute atomic E-state index is 0.0276. The summed E-state index contributed by atoms with van der Waals surface area (Å²) in [6, 6.07) is 19.4. The van der Waals surface area contributed by atoms with E-state index in [1.165, 1.54) is 0 Å². The number of ether oxygens (including phenoxy) is 5. The van der Waals surface area contributed by atoms with Crippen molar-refractivity contribution in [1.29, 1.82) is 5.26 Å². The van der Waals surface area contributed by atoms with E-state index in [0.29, 0.717) is 47.3 Å². The van der Waals surface area contributed by atoms with Crippen molar-refractivity contribution >= 4 is 5.97 Å². The van der Waals surface area contributed by atoms with Crippen molar-refractivity contribution in [1.82, 2.24) is 0 Å². The van der Waals surface area contributed by atoms with Gasteiger partial charge < -0.3 is 29.4 Å². The first-order chi connectivity index (χ1) is 18.5. The predicted octanol–water partition coefficient (Wildman–Crippen LogP) is 5.49. The third-order valence-electron chi connectivity index (χ3n) is 5.82. The molecule has 0 spiro atoms. The van der Waals surface area contributed by atoms with Crippen LogP contribution in [-0.2, 0) is 0 Å². The van der Waals surface area contributed by atoms with Gasteiger partial charge in [-0.2, -0.15) is 5.26 Å². The molecule has 2 N–H and O–H groups in total. The van der Waals surface area contributed by atoms with Gasteiger partial charge in [-0.15, -0.1) is 0 Å². The smallest absolute Gasteiger partial charge is 0.343 e. The second kappa shape index (κ2) is 11.9. The summed E-state index contributed by atoms with van der Waals surface area (Å²) in [4.78, 5) is 12.8. The lowest BCUT2D eigenvalue weighted by molar-refractivity contribution is 0.0734. The zero-order valence-corrected chi connectivity index (χ0v) is 21.2. The highest BCUT2D eigenvalue weighted by atomic mass is 16.5. The van der Waals surface area contributed by atoms with Crippen LogP contribution >= 0.6 is 0 Å². The SMILES string of the molecule is C=CCOc1ccc(C2C(C#N)=C(N)Oc3cc(OC(=O)c4cccc(OCCC)c4)ccc32)cc1OC. The van der Waals surface area contributed by atoms with Crippen LogP contribution in [0.3, 0.4) is 0 Å². The topological polar surface area (TPSA) is 113 Å². The molecule has 0 amide bonds. The molecule has 8 nitrogen and oxygen atoms in total. The first-order valence-corrected chi connectivity index (χ1v) is 12.1. The summed E-state index contributed by atoms with van der Waals surface area (Å²) in [5, 5.41) is 9.88. The molecular weight excluding hydrogens is 484 g/mol. The summed E-state index contributed by atoms with van der Waals surface area (Å²) in [7, 11) is 1.54. The summed E-state index contributed by atoms with van der Waals surface area (Å²) in [6.07, 6.45) is 2.50. The second-order valence-corrected chi connectivity index (χ2v) is 8.40. The minimum Gasteiger partial charge on any atom is -0.494 e. The standard InChI is InChI=1S/C30H28N2O6/c1-4-13-35-21-8-6-7-20(15-21)30(33)37-22-10-11-23-26(17-22)38-29(32)24(18-31)28(23)19-9-12-25(36-14-5-2)27(16-19)34-3/h5-12,15-17,28H,2,4,13-14,32H2,1,3H3. The molecule has 0 aliphatic carbocycles. The van der Waals surface area contributed by atoms with E-state index < -0.39 is 11.9 Å². The number of methoxy groups -OCH3 is 1. The Balaban J connectivity index is 1.64. The van der Waals surface area contributed by atoms with Gasteiger partial charge in [-0.25, -0.2) is 4.79 Å². The van der Waals surface area contributed by atoms with Crippen LogP contribution in [0, 0.1) is 11.3 Å². The fourth-order valence-electron chi connectivity index (χ4n) is 4.07. The number of hydrogen-bond donors (Lipinski definition) is 1. The molecule has 1 aliphatic rings. The van der Waals surface area contributed by atoms with Gasteiger partial charge in [0.25, 0.3) is 0 Å². The molecule has 1 atom stereocenters. The molecule has 0 aromatic heterocycles. The Bertz CT molecular complexity index is 1420. The van der Waals surface area contributed by atoms with Crippen LogP contribution in [0.5, 0.6) is 28.7 Å². The van der Waals surface area contributed by atoms with Crippen molar-refractivity contribution < 1.29 is 28.5 Å². The lowest BCUT2D eigenvalue weighted by Gasteiger charge is -2.27. The molecule has 38 heavy (non-hydrogen) atoms. The number of hydrogen-bond acceptors (Lipinski definition) is 8. The second-order valence-electron chi connectivity index (χ2n) is 8.40. The maximum absolute atomic E-state index is 12.8. The number of nitrogens with zero attached hydrogens (tertiary/aromatic N) is 1. The quantitative estimate of drug-likeness (QED) is 0.216. The Morgan fingerprint density at radius 2 is 1.95 bits per heavy atom. The Morgan fingerprint density at radius 3 is 2.68 bits per heavy atom. The fourth-order valence-corrected chi connectivity index (χ4v) is 4.07. The van der Waals surface area contributed by atoms with Crippen molar-refractivity contribution in [3.05, 3.63) is 101 Å². The number of allylic oxidation sites excluding steroid dienone is 1. The van der Waals surface area contributed by atoms with Gasteiger partial charge in [0, 0.05) is 11.6 Å². The molecular formula is C30H28N2O6. The van der Waals surface area contributed by atoms with Crippen molar-refractivity contribution in [3.8, 4) is 34.8 Å². The first kappa shape index (κ1) is 26.2. The number of rotatable bonds is 10. The van der Waals surface area contributed by atoms with E-state index in [4.69, 9.17) is 29.4 Å². The van der Waals surface area contributed by atoms with Gasteiger partial charge in [-0.1, -0.05) is 37.8 Å². The fraction of sp³-hybridized carbons (Fsp3) is 0.200. The van der Waals surface area contributed by atoms with Crippen LogP contribution in [0.4, 0.5) is 0 Å². The van der Waals surface area contributed by atoms with Crippen molar-refractivity contribution in [3.63, 3.8) is 0 Å². The van der Waals surface area contributed by atoms with E-state index in [1.54, 1.807) is 67.8 Å². The predicted molar refractivity (Wildman–Crippen MR) is 142 cm³/mol. The number of fused-ring (bicyclic) bond motifs is 1. The summed E-state index contributed by atoms with van der Waals surface area (Å²) < 4.78 is 28.1. The van der Waals surface area contributed by atoms with Gasteiger partial charge in [-0.3, -0.25) is 0 Å². The maximum Gasteiger partial charge on any atom is 0.343 e. The molecule has 0 bridgehead atoms. The van der Waals surface area contributed by atoms with Crippen LogP contribution in [0.1, 0.15) is 40.7 Å². The van der Waals surface area contributed by atoms with Crippen LogP contribution in [0.25, 0.3) is 0 Å². The van der Waals surface area contributed by atoms with E-state index in [1.807, 2.05) is 13.0 Å². The summed E-state index contributed by atoms with van der Waals surface area (Å²) >= 11 is 0. The van der Waals surface area contributed by atoms with Crippen LogP contribution < -0.4 is 29.4 Å². The zero-order chi connectivity index (χ0) is 27.1. The summed E-state index contributed by atoms with van der Waals surface area (Å²) in [5.74, 6) is 1.20. The molecule has 1 heterocycles. The normalized spacial score (nSPS) is 14.0. The van der Waals surface area contributed by atoms with Crippen LogP contribution in [0.15, 0.2) is 84.8 Å². The molecule has 0 fully saturated rings. The van der Waals surface area contributed by atoms with Crippen molar-refractivity contribution in [2.24, 2.45) is 5.73 Å². The van der Waals surface area contributed by atoms with E-state index >= 15 is 0 Å². The Hall–Kier alpha value is -4.90. The highest BCUT2D eigenvalue weighted by molar-refractivity contribution is 5.91. The van der Waals surface area contributed by atoms with Crippen molar-refractivity contribution in [2.45, 2.75) is 19.3 Å². The monoisotopic (exact) mass is 512 g/mol. The summed E-state index contributed by atoms with van der Waals surface area (Å²) in [6.45, 7) is 6.54. The van der Waals surface area contributed by atoms with Crippen molar-refractivity contribution in [2.75, 3.05) is 20.3 Å². The summed E-state index contributed by atoms with van der Waals surface area (Å²) in [5.41, 5.74) is 8.20. The molecule has 1 unspecified atom stereocenters. The number of carbonyl (C=O) groups excluding carboxylic acids is 1. The number of esters is 1. The average molecular weight is 513 g/mol. The molecule has 0 saturated carbocycles. The van der Waals surface area contributed by atoms with Gasteiger partial charge in [0.05, 0.1) is 25.2 Å². The highest BCUT2D eigenvalue weighted by Gasteiger charge is 2.32. The largest absolute Gasteiger partial charge is 0.494 e. The third-order valence-corrected chi connectivity index (χ3v) is 5.82. The number of benzene rings is 3. The molecule has 4 rings (SSSR count). The third kappa shape index (κ3) is 5.57. The number of carbonyl (C=O) groups is 1. The average Bonchev–Trinajstić information content (AvgIpc) is 2.94. The molecule has 0 radical (unpaired) electrons. The molecule has 8 heteroatoms. The molecule has 0 saturated heterocycles. The number of nitrogens with two attached hydrogens (primary N) is 1. The lowest BCUT2D eigenvalue weighted by atomic mass is 9.83. The first-order valence-electron chi connectivity index (χ1n) is 12.1. The Morgan fingerprint density at radius 1 is 1.11 bits per heavy atom. The lowest BCUT2D eigenvalue weighted by Crippen LogP contribution is -2.21. The van der Waals surface area contributed by atoms with Crippen LogP contribution in [0.2, 0.25) is 0 Å². The Labute approximate surface area is 221 Å². The van der Waals surface area contributed by atoms with E-state index in [-0.39, 0.29) is 17.2 Å².